The Balaban J connectivity index is 1.89. The van der Waals surface area contributed by atoms with E-state index in [4.69, 9.17) is 10.5 Å². The summed E-state index contributed by atoms with van der Waals surface area (Å²) in [7, 11) is 0. The largest absolute Gasteiger partial charge is 0.460 e. The molecule has 2 rings (SSSR count). The van der Waals surface area contributed by atoms with Crippen molar-refractivity contribution in [1.29, 1.82) is 0 Å². The van der Waals surface area contributed by atoms with E-state index in [1.54, 1.807) is 20.8 Å². The zero-order valence-corrected chi connectivity index (χ0v) is 19.1. The van der Waals surface area contributed by atoms with Crippen LogP contribution in [-0.2, 0) is 20.5 Å². The van der Waals surface area contributed by atoms with Crippen LogP contribution in [0.3, 0.4) is 0 Å². The number of amides is 2. The summed E-state index contributed by atoms with van der Waals surface area (Å²) >= 11 is 0. The van der Waals surface area contributed by atoms with Crippen LogP contribution in [0, 0.1) is 5.92 Å². The second kappa shape index (κ2) is 11.0. The van der Waals surface area contributed by atoms with Gasteiger partial charge in [-0.05, 0) is 70.6 Å². The average Bonchev–Trinajstić information content (AvgIpc) is 2.70. The van der Waals surface area contributed by atoms with E-state index in [-0.39, 0.29) is 42.5 Å². The second-order valence-corrected chi connectivity index (χ2v) is 9.39. The van der Waals surface area contributed by atoms with Gasteiger partial charge in [-0.3, -0.25) is 14.4 Å². The van der Waals surface area contributed by atoms with E-state index in [2.05, 4.69) is 10.6 Å². The van der Waals surface area contributed by atoms with Crippen molar-refractivity contribution in [2.45, 2.75) is 76.7 Å². The molecule has 0 aliphatic heterocycles. The molecule has 0 aromatic heterocycles. The molecule has 1 aromatic carbocycles. The number of hydrogen-bond donors (Lipinski definition) is 3. The highest BCUT2D eigenvalue weighted by atomic mass is 19.4. The van der Waals surface area contributed by atoms with Crippen molar-refractivity contribution in [3.05, 3.63) is 35.4 Å². The molecule has 1 aliphatic rings. The molecule has 33 heavy (non-hydrogen) atoms. The van der Waals surface area contributed by atoms with Gasteiger partial charge in [-0.15, -0.1) is 0 Å². The van der Waals surface area contributed by atoms with Crippen molar-refractivity contribution in [3.8, 4) is 0 Å². The summed E-state index contributed by atoms with van der Waals surface area (Å²) in [6.45, 7) is 4.99. The molecule has 1 fully saturated rings. The fraction of sp³-hybridized carbons (Fsp3) is 0.609. The highest BCUT2D eigenvalue weighted by Gasteiger charge is 2.32. The summed E-state index contributed by atoms with van der Waals surface area (Å²) < 4.78 is 43.8. The van der Waals surface area contributed by atoms with E-state index in [0.717, 1.165) is 18.2 Å². The van der Waals surface area contributed by atoms with Gasteiger partial charge in [0.2, 0.25) is 5.91 Å². The van der Waals surface area contributed by atoms with Crippen LogP contribution in [0.4, 0.5) is 13.2 Å². The van der Waals surface area contributed by atoms with Gasteiger partial charge in [0, 0.05) is 24.1 Å². The lowest BCUT2D eigenvalue weighted by molar-refractivity contribution is -0.155. The molecule has 0 heterocycles. The molecular weight excluding hydrogens is 439 g/mol. The van der Waals surface area contributed by atoms with Crippen molar-refractivity contribution >= 4 is 17.8 Å². The van der Waals surface area contributed by atoms with Crippen LogP contribution in [0.1, 0.15) is 68.8 Å². The minimum atomic E-state index is -4.57. The van der Waals surface area contributed by atoms with E-state index in [0.29, 0.717) is 25.7 Å². The molecule has 1 aliphatic carbocycles. The predicted molar refractivity (Wildman–Crippen MR) is 116 cm³/mol. The van der Waals surface area contributed by atoms with Crippen molar-refractivity contribution < 1.29 is 32.3 Å². The number of carbonyl (C=O) groups is 3. The number of halogens is 3. The van der Waals surface area contributed by atoms with Crippen LogP contribution in [0.15, 0.2) is 24.3 Å². The number of alkyl halides is 3. The van der Waals surface area contributed by atoms with Gasteiger partial charge in [0.25, 0.3) is 5.91 Å². The van der Waals surface area contributed by atoms with Gasteiger partial charge in [-0.2, -0.15) is 13.2 Å². The van der Waals surface area contributed by atoms with Crippen LogP contribution < -0.4 is 16.4 Å². The first kappa shape index (κ1) is 26.6. The molecule has 10 heteroatoms. The minimum absolute atomic E-state index is 0.0237. The fourth-order valence-electron chi connectivity index (χ4n) is 3.86. The first-order valence-electron chi connectivity index (χ1n) is 11.0. The van der Waals surface area contributed by atoms with E-state index in [9.17, 15) is 27.6 Å². The normalized spacial score (nSPS) is 21.2. The Labute approximate surface area is 191 Å². The molecule has 7 nitrogen and oxygen atoms in total. The number of carbonyl (C=O) groups excluding carboxylic acids is 3. The van der Waals surface area contributed by atoms with Gasteiger partial charge in [0.1, 0.15) is 5.60 Å². The zero-order chi connectivity index (χ0) is 24.8. The van der Waals surface area contributed by atoms with Gasteiger partial charge in [0.15, 0.2) is 0 Å². The van der Waals surface area contributed by atoms with Crippen LogP contribution in [0.25, 0.3) is 0 Å². The van der Waals surface area contributed by atoms with Crippen molar-refractivity contribution in [2.75, 3.05) is 6.54 Å². The number of esters is 1. The maximum Gasteiger partial charge on any atom is 0.416 e. The molecule has 1 saturated carbocycles. The molecule has 1 aromatic rings. The molecule has 3 atom stereocenters. The summed E-state index contributed by atoms with van der Waals surface area (Å²) in [6, 6.07) is 3.75. The summed E-state index contributed by atoms with van der Waals surface area (Å²) in [4.78, 5) is 36.6. The Morgan fingerprint density at radius 1 is 1.15 bits per heavy atom. The quantitative estimate of drug-likeness (QED) is 0.529. The van der Waals surface area contributed by atoms with Gasteiger partial charge in [-0.25, -0.2) is 0 Å². The zero-order valence-electron chi connectivity index (χ0n) is 19.1. The van der Waals surface area contributed by atoms with Gasteiger partial charge < -0.3 is 21.1 Å². The number of nitrogens with one attached hydrogen (secondary N) is 2. The Morgan fingerprint density at radius 3 is 2.48 bits per heavy atom. The lowest BCUT2D eigenvalue weighted by Gasteiger charge is -2.35. The molecule has 3 unspecified atom stereocenters. The monoisotopic (exact) mass is 471 g/mol. The van der Waals surface area contributed by atoms with Crippen molar-refractivity contribution in [3.63, 3.8) is 0 Å². The third-order valence-electron chi connectivity index (χ3n) is 5.37. The molecule has 0 spiro atoms. The number of hydrogen-bond acceptors (Lipinski definition) is 5. The average molecular weight is 472 g/mol. The minimum Gasteiger partial charge on any atom is -0.460 e. The molecule has 0 radical (unpaired) electrons. The topological polar surface area (TPSA) is 111 Å². The molecular formula is C23H32F3N3O4. The number of benzene rings is 1. The third kappa shape index (κ3) is 9.03. The van der Waals surface area contributed by atoms with Crippen LogP contribution in [0.2, 0.25) is 0 Å². The summed E-state index contributed by atoms with van der Waals surface area (Å²) in [5, 5.41) is 5.21. The fourth-order valence-corrected chi connectivity index (χ4v) is 3.86. The van der Waals surface area contributed by atoms with Crippen molar-refractivity contribution in [1.82, 2.24) is 10.6 Å². The Morgan fingerprint density at radius 2 is 1.85 bits per heavy atom. The Hall–Kier alpha value is -2.62. The Bertz CT molecular complexity index is 852. The smallest absolute Gasteiger partial charge is 0.416 e. The summed E-state index contributed by atoms with van der Waals surface area (Å²) in [5.74, 6) is -1.58. The maximum absolute atomic E-state index is 12.8. The second-order valence-electron chi connectivity index (χ2n) is 9.39. The molecule has 184 valence electrons. The highest BCUT2D eigenvalue weighted by Crippen LogP contribution is 2.30. The summed E-state index contributed by atoms with van der Waals surface area (Å²) in [6.07, 6.45) is -1.87. The highest BCUT2D eigenvalue weighted by molar-refractivity contribution is 5.96. The first-order chi connectivity index (χ1) is 15.2. The predicted octanol–water partition coefficient (Wildman–Crippen LogP) is 3.17. The van der Waals surface area contributed by atoms with Gasteiger partial charge >= 0.3 is 12.1 Å². The van der Waals surface area contributed by atoms with Gasteiger partial charge in [0.05, 0.1) is 12.1 Å². The van der Waals surface area contributed by atoms with Crippen LogP contribution in [0.5, 0.6) is 0 Å². The molecule has 0 bridgehead atoms. The molecule has 2 amide bonds. The number of rotatable bonds is 7. The van der Waals surface area contributed by atoms with E-state index < -0.39 is 29.2 Å². The summed E-state index contributed by atoms with van der Waals surface area (Å²) in [5.41, 5.74) is 4.37. The Kier molecular flexibility index (Phi) is 8.88. The molecule has 4 N–H and O–H groups in total. The lowest BCUT2D eigenvalue weighted by atomic mass is 9.79. The van der Waals surface area contributed by atoms with Crippen LogP contribution in [-0.4, -0.2) is 42.0 Å². The van der Waals surface area contributed by atoms with Crippen molar-refractivity contribution in [2.24, 2.45) is 11.7 Å². The lowest BCUT2D eigenvalue weighted by Crippen LogP contribution is -2.49. The van der Waals surface area contributed by atoms with E-state index >= 15 is 0 Å². The third-order valence-corrected chi connectivity index (χ3v) is 5.37. The first-order valence-corrected chi connectivity index (χ1v) is 11.0. The number of nitrogens with two attached hydrogens (primary N) is 1. The standard InChI is InChI=1S/C23H32F3N3O4/c1-22(2,3)33-20(31)10-7-14-12-17(27)8-9-18(14)29-19(30)13-28-21(32)15-5-4-6-16(11-15)23(24,25)26/h4-6,11,14,17-18H,7-10,12-13,27H2,1-3H3,(H,28,32)(H,29,30). The van der Waals surface area contributed by atoms with Crippen LogP contribution >= 0.6 is 0 Å². The van der Waals surface area contributed by atoms with E-state index in [1.807, 2.05) is 0 Å². The van der Waals surface area contributed by atoms with Gasteiger partial charge in [-0.1, -0.05) is 6.07 Å². The SMILES string of the molecule is CC(C)(C)OC(=O)CCC1CC(N)CCC1NC(=O)CNC(=O)c1cccc(C(F)(F)F)c1. The van der Waals surface area contributed by atoms with E-state index in [1.165, 1.54) is 6.07 Å². The number of ether oxygens (including phenoxy) is 1. The molecule has 0 saturated heterocycles. The maximum atomic E-state index is 12.8.